The van der Waals surface area contributed by atoms with Crippen molar-refractivity contribution in [2.45, 2.75) is 52.4 Å². The van der Waals surface area contributed by atoms with Gasteiger partial charge >= 0.3 is 0 Å². The molecule has 1 rings (SSSR count). The van der Waals surface area contributed by atoms with E-state index in [0.29, 0.717) is 19.3 Å². The maximum atomic E-state index is 10.8. The predicted octanol–water partition coefficient (Wildman–Crippen LogP) is 4.14. The van der Waals surface area contributed by atoms with Crippen LogP contribution in [0, 0.1) is 5.92 Å². The van der Waals surface area contributed by atoms with E-state index in [1.165, 1.54) is 0 Å². The molecule has 0 spiro atoms. The topological polar surface area (TPSA) is 44.8 Å². The second-order valence-electron chi connectivity index (χ2n) is 6.12. The predicted molar refractivity (Wildman–Crippen MR) is 95.7 cm³/mol. The highest BCUT2D eigenvalue weighted by Crippen LogP contribution is 2.16. The zero-order valence-electron chi connectivity index (χ0n) is 15.2. The summed E-state index contributed by atoms with van der Waals surface area (Å²) in [6.45, 7) is 7.01. The molecule has 0 aliphatic rings. The number of benzene rings is 1. The number of hydrogen-bond acceptors (Lipinski definition) is 4. The van der Waals surface area contributed by atoms with Gasteiger partial charge in [-0.15, -0.1) is 0 Å². The lowest BCUT2D eigenvalue weighted by Crippen LogP contribution is -2.20. The molecular formula is C20H30O4. The monoisotopic (exact) mass is 334 g/mol. The minimum Gasteiger partial charge on any atom is -0.370 e. The van der Waals surface area contributed by atoms with E-state index in [0.717, 1.165) is 30.3 Å². The highest BCUT2D eigenvalue weighted by Gasteiger charge is 2.13. The maximum absolute atomic E-state index is 10.8. The van der Waals surface area contributed by atoms with Gasteiger partial charge in [0.2, 0.25) is 0 Å². The lowest BCUT2D eigenvalue weighted by atomic mass is 9.99. The Morgan fingerprint density at radius 2 is 1.92 bits per heavy atom. The molecule has 1 aromatic rings. The highest BCUT2D eigenvalue weighted by atomic mass is 16.7. The quantitative estimate of drug-likeness (QED) is 0.249. The van der Waals surface area contributed by atoms with Crippen molar-refractivity contribution >= 4 is 6.29 Å². The van der Waals surface area contributed by atoms with Crippen molar-refractivity contribution in [3.63, 3.8) is 0 Å². The summed E-state index contributed by atoms with van der Waals surface area (Å²) in [5.41, 5.74) is 2.10. The first kappa shape index (κ1) is 20.6. The first-order valence-electron chi connectivity index (χ1n) is 8.46. The summed E-state index contributed by atoms with van der Waals surface area (Å²) in [5.74, 6) is 0.409. The highest BCUT2D eigenvalue weighted by molar-refractivity contribution is 5.61. The summed E-state index contributed by atoms with van der Waals surface area (Å²) in [4.78, 5) is 10.8. The Bertz CT molecular complexity index is 484. The minimum absolute atomic E-state index is 0.124. The molecule has 0 fully saturated rings. The van der Waals surface area contributed by atoms with Gasteiger partial charge in [0, 0.05) is 7.11 Å². The Morgan fingerprint density at radius 1 is 1.21 bits per heavy atom. The van der Waals surface area contributed by atoms with Gasteiger partial charge in [-0.25, -0.2) is 0 Å². The molecule has 0 N–H and O–H groups in total. The van der Waals surface area contributed by atoms with E-state index in [-0.39, 0.29) is 6.10 Å². The number of aldehydes is 1. The number of rotatable bonds is 12. The lowest BCUT2D eigenvalue weighted by molar-refractivity contribution is -0.114. The van der Waals surface area contributed by atoms with Crippen molar-refractivity contribution in [3.8, 4) is 0 Å². The van der Waals surface area contributed by atoms with Gasteiger partial charge < -0.3 is 19.0 Å². The van der Waals surface area contributed by atoms with Crippen LogP contribution >= 0.6 is 0 Å². The van der Waals surface area contributed by atoms with E-state index in [4.69, 9.17) is 14.2 Å². The minimum atomic E-state index is -0.430. The molecule has 0 amide bonds. The van der Waals surface area contributed by atoms with E-state index in [9.17, 15) is 4.79 Å². The van der Waals surface area contributed by atoms with Gasteiger partial charge in [-0.05, 0) is 43.7 Å². The van der Waals surface area contributed by atoms with Crippen molar-refractivity contribution < 1.29 is 19.0 Å². The molecule has 0 saturated carbocycles. The summed E-state index contributed by atoms with van der Waals surface area (Å²) >= 11 is 0. The van der Waals surface area contributed by atoms with Crippen LogP contribution in [0.5, 0.6) is 0 Å². The summed E-state index contributed by atoms with van der Waals surface area (Å²) < 4.78 is 16.4. The standard InChI is InChI=1S/C20H30O4/c1-16(9-8-10-17(2)20(13-21)22-4)18(3)24-15-23-14-19-11-6-5-7-12-19/h5-7,10-13,16,18,20H,8-9,14-15H2,1-4H3/b17-10+/t16-,18+,20-/m0/s1. The van der Waals surface area contributed by atoms with Crippen LogP contribution in [-0.2, 0) is 25.6 Å². The first-order valence-corrected chi connectivity index (χ1v) is 8.46. The van der Waals surface area contributed by atoms with Crippen LogP contribution in [0.3, 0.4) is 0 Å². The second kappa shape index (κ2) is 12.0. The van der Waals surface area contributed by atoms with E-state index >= 15 is 0 Å². The van der Waals surface area contributed by atoms with E-state index in [2.05, 4.69) is 19.9 Å². The Kier molecular flexibility index (Phi) is 10.2. The lowest BCUT2D eigenvalue weighted by Gasteiger charge is -2.20. The van der Waals surface area contributed by atoms with Crippen molar-refractivity contribution in [1.29, 1.82) is 0 Å². The van der Waals surface area contributed by atoms with Gasteiger partial charge in [-0.2, -0.15) is 0 Å². The fourth-order valence-corrected chi connectivity index (χ4v) is 2.33. The normalized spacial score (nSPS) is 15.8. The van der Waals surface area contributed by atoms with Crippen molar-refractivity contribution in [3.05, 3.63) is 47.5 Å². The Morgan fingerprint density at radius 3 is 2.54 bits per heavy atom. The number of allylic oxidation sites excluding steroid dienone is 1. The van der Waals surface area contributed by atoms with Gasteiger partial charge in [0.25, 0.3) is 0 Å². The summed E-state index contributed by atoms with van der Waals surface area (Å²) in [5, 5.41) is 0. The summed E-state index contributed by atoms with van der Waals surface area (Å²) in [6.07, 6.45) is 4.48. The van der Waals surface area contributed by atoms with Crippen molar-refractivity contribution in [1.82, 2.24) is 0 Å². The molecule has 0 radical (unpaired) electrons. The smallest absolute Gasteiger partial charge is 0.152 e. The van der Waals surface area contributed by atoms with Crippen LogP contribution < -0.4 is 0 Å². The van der Waals surface area contributed by atoms with Crippen molar-refractivity contribution in [2.75, 3.05) is 13.9 Å². The molecule has 0 bridgehead atoms. The van der Waals surface area contributed by atoms with E-state index in [1.54, 1.807) is 7.11 Å². The second-order valence-corrected chi connectivity index (χ2v) is 6.12. The number of ether oxygens (including phenoxy) is 3. The third-order valence-electron chi connectivity index (χ3n) is 4.24. The molecule has 0 heterocycles. The van der Waals surface area contributed by atoms with Gasteiger partial charge in [0.05, 0.1) is 12.7 Å². The molecule has 4 heteroatoms. The van der Waals surface area contributed by atoms with Gasteiger partial charge in [-0.3, -0.25) is 0 Å². The Hall–Kier alpha value is -1.49. The van der Waals surface area contributed by atoms with Gasteiger partial charge in [0.15, 0.2) is 6.29 Å². The molecule has 134 valence electrons. The van der Waals surface area contributed by atoms with Crippen molar-refractivity contribution in [2.24, 2.45) is 5.92 Å². The first-order chi connectivity index (χ1) is 11.6. The number of methoxy groups -OCH3 is 1. The molecule has 1 aromatic carbocycles. The fourth-order valence-electron chi connectivity index (χ4n) is 2.33. The molecule has 0 saturated heterocycles. The van der Waals surface area contributed by atoms with E-state index < -0.39 is 6.10 Å². The van der Waals surface area contributed by atoms with Crippen LogP contribution in [-0.4, -0.2) is 32.4 Å². The average Bonchev–Trinajstić information content (AvgIpc) is 2.60. The third kappa shape index (κ3) is 7.86. The summed E-state index contributed by atoms with van der Waals surface area (Å²) in [7, 11) is 1.55. The number of hydrogen-bond donors (Lipinski definition) is 0. The average molecular weight is 334 g/mol. The van der Waals surface area contributed by atoms with Crippen LogP contribution in [0.4, 0.5) is 0 Å². The molecule has 0 unspecified atom stereocenters. The SMILES string of the molecule is CO[C@@H](C=O)/C(C)=C/CC[C@H](C)[C@@H](C)OCOCc1ccccc1. The Balaban J connectivity index is 2.21. The zero-order chi connectivity index (χ0) is 17.8. The van der Waals surface area contributed by atoms with Crippen LogP contribution in [0.1, 0.15) is 39.2 Å². The molecule has 0 aliphatic carbocycles. The van der Waals surface area contributed by atoms with Crippen LogP contribution in [0.25, 0.3) is 0 Å². The largest absolute Gasteiger partial charge is 0.370 e. The van der Waals surface area contributed by atoms with Crippen LogP contribution in [0.2, 0.25) is 0 Å². The van der Waals surface area contributed by atoms with E-state index in [1.807, 2.05) is 37.3 Å². The molecule has 24 heavy (non-hydrogen) atoms. The third-order valence-corrected chi connectivity index (χ3v) is 4.24. The molecule has 0 aromatic heterocycles. The molecule has 0 aliphatic heterocycles. The van der Waals surface area contributed by atoms with Crippen LogP contribution in [0.15, 0.2) is 42.0 Å². The number of carbonyl (C=O) groups excluding carboxylic acids is 1. The van der Waals surface area contributed by atoms with Gasteiger partial charge in [0.1, 0.15) is 12.9 Å². The summed E-state index contributed by atoms with van der Waals surface area (Å²) in [6, 6.07) is 10.1. The number of carbonyl (C=O) groups is 1. The fraction of sp³-hybridized carbons (Fsp3) is 0.550. The zero-order valence-corrected chi connectivity index (χ0v) is 15.2. The molecular weight excluding hydrogens is 304 g/mol. The van der Waals surface area contributed by atoms with Gasteiger partial charge in [-0.1, -0.05) is 43.3 Å². The maximum Gasteiger partial charge on any atom is 0.152 e. The molecule has 3 atom stereocenters. The molecule has 4 nitrogen and oxygen atoms in total. The Labute approximate surface area is 145 Å².